The first kappa shape index (κ1) is 24.4. The Kier molecular flexibility index (Phi) is 6.83. The topological polar surface area (TPSA) is 88.3 Å². The van der Waals surface area contributed by atoms with Crippen molar-refractivity contribution in [1.29, 1.82) is 0 Å². The van der Waals surface area contributed by atoms with E-state index in [-0.39, 0.29) is 11.7 Å². The molecule has 5 rings (SSSR count). The molecule has 0 spiro atoms. The van der Waals surface area contributed by atoms with Crippen molar-refractivity contribution < 1.29 is 18.8 Å². The Morgan fingerprint density at radius 1 is 1.05 bits per heavy atom. The van der Waals surface area contributed by atoms with Crippen LogP contribution in [0.4, 0.5) is 10.1 Å². The van der Waals surface area contributed by atoms with Gasteiger partial charge in [0.15, 0.2) is 0 Å². The molecule has 8 heteroatoms. The normalized spacial score (nSPS) is 11.9. The molecule has 3 aromatic carbocycles. The zero-order chi connectivity index (χ0) is 25.9. The van der Waals surface area contributed by atoms with Gasteiger partial charge >= 0.3 is 5.97 Å². The molecule has 2 N–H and O–H groups in total. The molecule has 0 aliphatic heterocycles. The number of hydrogen-bond donors (Lipinski definition) is 2. The Bertz CT molecular complexity index is 1560. The van der Waals surface area contributed by atoms with Crippen molar-refractivity contribution in [1.82, 2.24) is 10.1 Å². The molecule has 0 saturated heterocycles. The molecule has 0 fully saturated rings. The summed E-state index contributed by atoms with van der Waals surface area (Å²) in [4.78, 5) is 16.9. The monoisotopic (exact) mass is 513 g/mol. The van der Waals surface area contributed by atoms with Crippen molar-refractivity contribution in [2.24, 2.45) is 0 Å². The van der Waals surface area contributed by atoms with Crippen molar-refractivity contribution >= 4 is 23.0 Å². The van der Waals surface area contributed by atoms with Crippen molar-refractivity contribution in [3.63, 3.8) is 0 Å². The van der Waals surface area contributed by atoms with Gasteiger partial charge in [0.25, 0.3) is 0 Å². The number of aromatic carboxylic acids is 1. The summed E-state index contributed by atoms with van der Waals surface area (Å²) in [6.45, 7) is 4.39. The zero-order valence-electron chi connectivity index (χ0n) is 20.2. The standard InChI is InChI=1S/C29H24FN3O3S/c1-17-8-9-21(15-25(17)31-16-22-11-13-26(37-22)29(34)35)27-32-28(36-33-27)18(2)20-10-12-23(24(30)14-20)19-6-4-3-5-7-19/h3-15,18,31H,16H2,1-2H3,(H,34,35)/t18-/m1/s1. The maximum Gasteiger partial charge on any atom is 0.345 e. The number of aryl methyl sites for hydroxylation is 1. The van der Waals surface area contributed by atoms with E-state index in [9.17, 15) is 9.18 Å². The first-order chi connectivity index (χ1) is 17.9. The highest BCUT2D eigenvalue weighted by Gasteiger charge is 2.19. The van der Waals surface area contributed by atoms with Gasteiger partial charge in [-0.05, 0) is 54.8 Å². The van der Waals surface area contributed by atoms with E-state index < -0.39 is 5.97 Å². The smallest absolute Gasteiger partial charge is 0.345 e. The quantitative estimate of drug-likeness (QED) is 0.225. The second kappa shape index (κ2) is 10.4. The third-order valence-electron chi connectivity index (χ3n) is 6.21. The highest BCUT2D eigenvalue weighted by molar-refractivity contribution is 7.13. The van der Waals surface area contributed by atoms with E-state index in [2.05, 4.69) is 15.5 Å². The molecule has 6 nitrogen and oxygen atoms in total. The van der Waals surface area contributed by atoms with Gasteiger partial charge in [-0.15, -0.1) is 11.3 Å². The van der Waals surface area contributed by atoms with Crippen LogP contribution in [-0.4, -0.2) is 21.2 Å². The van der Waals surface area contributed by atoms with Crippen LogP contribution in [0.15, 0.2) is 83.4 Å². The van der Waals surface area contributed by atoms with E-state index in [1.807, 2.05) is 74.5 Å². The summed E-state index contributed by atoms with van der Waals surface area (Å²) in [6, 6.07) is 23.8. The number of aromatic nitrogens is 2. The number of anilines is 1. The maximum absolute atomic E-state index is 14.9. The van der Waals surface area contributed by atoms with E-state index in [1.165, 1.54) is 17.4 Å². The van der Waals surface area contributed by atoms with Gasteiger partial charge < -0.3 is 14.9 Å². The Balaban J connectivity index is 1.33. The Labute approximate surface area is 217 Å². The summed E-state index contributed by atoms with van der Waals surface area (Å²) in [5.41, 5.74) is 4.81. The molecule has 0 aliphatic rings. The van der Waals surface area contributed by atoms with E-state index in [4.69, 9.17) is 9.63 Å². The van der Waals surface area contributed by atoms with Crippen molar-refractivity contribution in [2.75, 3.05) is 5.32 Å². The third-order valence-corrected chi connectivity index (χ3v) is 7.28. The number of carbonyl (C=O) groups is 1. The SMILES string of the molecule is Cc1ccc(-c2noc([C@H](C)c3ccc(-c4ccccc4)c(F)c3)n2)cc1NCc1ccc(C(=O)O)s1. The lowest BCUT2D eigenvalue weighted by Gasteiger charge is -2.10. The largest absolute Gasteiger partial charge is 0.477 e. The van der Waals surface area contributed by atoms with Gasteiger partial charge in [0, 0.05) is 28.2 Å². The van der Waals surface area contributed by atoms with Crippen LogP contribution in [-0.2, 0) is 6.54 Å². The van der Waals surface area contributed by atoms with Crippen molar-refractivity contribution in [2.45, 2.75) is 26.3 Å². The third kappa shape index (κ3) is 5.29. The van der Waals surface area contributed by atoms with Crippen LogP contribution in [0.5, 0.6) is 0 Å². The fourth-order valence-electron chi connectivity index (χ4n) is 4.05. The number of rotatable bonds is 8. The van der Waals surface area contributed by atoms with Crippen LogP contribution >= 0.6 is 11.3 Å². The highest BCUT2D eigenvalue weighted by atomic mass is 32.1. The van der Waals surface area contributed by atoms with E-state index >= 15 is 0 Å². The molecule has 1 atom stereocenters. The minimum atomic E-state index is -0.925. The Morgan fingerprint density at radius 2 is 1.86 bits per heavy atom. The molecule has 0 saturated carbocycles. The molecule has 186 valence electrons. The predicted octanol–water partition coefficient (Wildman–Crippen LogP) is 7.37. The average Bonchev–Trinajstić information content (AvgIpc) is 3.59. The molecule has 0 aliphatic carbocycles. The van der Waals surface area contributed by atoms with Crippen LogP contribution < -0.4 is 5.32 Å². The maximum atomic E-state index is 14.9. The number of carboxylic acid groups (broad SMARTS) is 1. The molecule has 0 bridgehead atoms. The summed E-state index contributed by atoms with van der Waals surface area (Å²) >= 11 is 1.24. The van der Waals surface area contributed by atoms with Gasteiger partial charge in [-0.3, -0.25) is 0 Å². The van der Waals surface area contributed by atoms with Crippen LogP contribution in [0.3, 0.4) is 0 Å². The zero-order valence-corrected chi connectivity index (χ0v) is 21.1. The summed E-state index contributed by atoms with van der Waals surface area (Å²) in [5, 5.41) is 16.6. The van der Waals surface area contributed by atoms with E-state index in [0.717, 1.165) is 32.8 Å². The minimum absolute atomic E-state index is 0.286. The fourth-order valence-corrected chi connectivity index (χ4v) is 4.83. The number of thiophene rings is 1. The lowest BCUT2D eigenvalue weighted by molar-refractivity contribution is 0.0702. The first-order valence-electron chi connectivity index (χ1n) is 11.7. The summed E-state index contributed by atoms with van der Waals surface area (Å²) < 4.78 is 20.5. The summed E-state index contributed by atoms with van der Waals surface area (Å²) in [7, 11) is 0. The number of halogens is 1. The fraction of sp³-hybridized carbons (Fsp3) is 0.138. The van der Waals surface area contributed by atoms with E-state index in [1.54, 1.807) is 12.1 Å². The van der Waals surface area contributed by atoms with Crippen molar-refractivity contribution in [3.8, 4) is 22.5 Å². The van der Waals surface area contributed by atoms with Gasteiger partial charge in [0.1, 0.15) is 10.7 Å². The van der Waals surface area contributed by atoms with Gasteiger partial charge in [-0.2, -0.15) is 4.98 Å². The van der Waals surface area contributed by atoms with Crippen LogP contribution in [0.1, 0.15) is 44.4 Å². The summed E-state index contributed by atoms with van der Waals surface area (Å²) in [6.07, 6.45) is 0. The molecular weight excluding hydrogens is 489 g/mol. The number of nitrogens with zero attached hydrogens (tertiary/aromatic N) is 2. The molecule has 5 aromatic rings. The second-order valence-corrected chi connectivity index (χ2v) is 9.91. The molecule has 0 radical (unpaired) electrons. The van der Waals surface area contributed by atoms with Crippen molar-refractivity contribution in [3.05, 3.63) is 111 Å². The van der Waals surface area contributed by atoms with Gasteiger partial charge in [-0.25, -0.2) is 9.18 Å². The summed E-state index contributed by atoms with van der Waals surface area (Å²) in [5.74, 6) is -0.671. The predicted molar refractivity (Wildman–Crippen MR) is 142 cm³/mol. The van der Waals surface area contributed by atoms with Gasteiger partial charge in [0.2, 0.25) is 11.7 Å². The molecule has 0 unspecified atom stereocenters. The van der Waals surface area contributed by atoms with Gasteiger partial charge in [-0.1, -0.05) is 59.8 Å². The first-order valence-corrected chi connectivity index (χ1v) is 12.6. The molecule has 37 heavy (non-hydrogen) atoms. The van der Waals surface area contributed by atoms with Crippen LogP contribution in [0.25, 0.3) is 22.5 Å². The number of benzene rings is 3. The molecule has 2 aromatic heterocycles. The minimum Gasteiger partial charge on any atom is -0.477 e. The molecular formula is C29H24FN3O3S. The Hall–Kier alpha value is -4.30. The number of hydrogen-bond acceptors (Lipinski definition) is 6. The molecule has 0 amide bonds. The number of nitrogens with one attached hydrogen (secondary N) is 1. The van der Waals surface area contributed by atoms with E-state index in [0.29, 0.717) is 28.7 Å². The lowest BCUT2D eigenvalue weighted by atomic mass is 9.97. The number of carboxylic acids is 1. The van der Waals surface area contributed by atoms with Crippen LogP contribution in [0.2, 0.25) is 0 Å². The van der Waals surface area contributed by atoms with Gasteiger partial charge in [0.05, 0.1) is 5.92 Å². The second-order valence-electron chi connectivity index (χ2n) is 8.74. The average molecular weight is 514 g/mol. The molecule has 2 heterocycles. The Morgan fingerprint density at radius 3 is 2.59 bits per heavy atom. The highest BCUT2D eigenvalue weighted by Crippen LogP contribution is 2.31. The van der Waals surface area contributed by atoms with Crippen LogP contribution in [0, 0.1) is 12.7 Å². The lowest BCUT2D eigenvalue weighted by Crippen LogP contribution is -2.00.